The molecule has 1 N–H and O–H groups in total. The van der Waals surface area contributed by atoms with Gasteiger partial charge in [0, 0.05) is 11.8 Å². The summed E-state index contributed by atoms with van der Waals surface area (Å²) in [6.07, 6.45) is -0.720. The molecule has 11 heteroatoms. The summed E-state index contributed by atoms with van der Waals surface area (Å²) in [5.41, 5.74) is 0.654. The molecule has 2 atom stereocenters. The fourth-order valence-electron chi connectivity index (χ4n) is 4.13. The number of hydrogen-bond acceptors (Lipinski definition) is 4. The molecule has 2 unspecified atom stereocenters. The molecule has 0 bridgehead atoms. The molecule has 2 aliphatic rings. The summed E-state index contributed by atoms with van der Waals surface area (Å²) < 4.78 is 80.8. The number of aromatic amines is 1. The van der Waals surface area contributed by atoms with Crippen LogP contribution in [0.15, 0.2) is 53.7 Å². The van der Waals surface area contributed by atoms with Gasteiger partial charge in [-0.1, -0.05) is 12.1 Å². The summed E-state index contributed by atoms with van der Waals surface area (Å²) in [6.45, 7) is 0. The number of halogens is 4. The third-order valence-corrected chi connectivity index (χ3v) is 7.51. The van der Waals surface area contributed by atoms with Crippen molar-refractivity contribution in [1.82, 2.24) is 19.5 Å². The summed E-state index contributed by atoms with van der Waals surface area (Å²) >= 11 is 0. The molecule has 0 saturated heterocycles. The van der Waals surface area contributed by atoms with Crippen molar-refractivity contribution in [2.45, 2.75) is 36.0 Å². The molecule has 0 radical (unpaired) electrons. The number of fused-ring (bicyclic) bond motifs is 1. The first-order valence-electron chi connectivity index (χ1n) is 9.53. The van der Waals surface area contributed by atoms with Crippen LogP contribution < -0.4 is 0 Å². The van der Waals surface area contributed by atoms with Crippen molar-refractivity contribution in [2.75, 3.05) is 0 Å². The Hall–Kier alpha value is -2.79. The zero-order valence-corrected chi connectivity index (χ0v) is 16.7. The monoisotopic (exact) mass is 452 g/mol. The molecule has 31 heavy (non-hydrogen) atoms. The Kier molecular flexibility index (Phi) is 4.45. The Morgan fingerprint density at radius 1 is 1.03 bits per heavy atom. The van der Waals surface area contributed by atoms with E-state index in [1.807, 2.05) is 0 Å². The highest BCUT2D eigenvalue weighted by atomic mass is 32.2. The average Bonchev–Trinajstić information content (AvgIpc) is 3.35. The van der Waals surface area contributed by atoms with E-state index in [9.17, 15) is 26.0 Å². The Labute approximate surface area is 175 Å². The van der Waals surface area contributed by atoms with E-state index in [1.165, 1.54) is 28.6 Å². The standard InChI is InChI=1S/C20H16F4N4O2S/c21-13-5-3-12(4-6-13)19-17-15(10-26-27-17)18(11-1-2-11)28(19)31(29,30)14-7-8-16(25-9-14)20(22,23)24/h3-11,18-19H,1-2H2,(H,26,27). The number of sulfonamides is 1. The van der Waals surface area contributed by atoms with Crippen molar-refractivity contribution in [3.8, 4) is 0 Å². The minimum atomic E-state index is -4.67. The number of rotatable bonds is 4. The Bertz CT molecular complexity index is 1220. The predicted octanol–water partition coefficient (Wildman–Crippen LogP) is 4.21. The number of pyridine rings is 1. The number of nitrogens with zero attached hydrogens (tertiary/aromatic N) is 3. The van der Waals surface area contributed by atoms with Crippen LogP contribution in [-0.2, 0) is 16.2 Å². The van der Waals surface area contributed by atoms with E-state index in [0.717, 1.165) is 30.7 Å². The molecule has 162 valence electrons. The number of benzene rings is 1. The SMILES string of the molecule is O=S(=O)(c1ccc(C(F)(F)F)nc1)N1C(c2ccc(F)cc2)c2[nH]ncc2C1C1CC1. The number of hydrogen-bond donors (Lipinski definition) is 1. The maximum absolute atomic E-state index is 13.7. The highest BCUT2D eigenvalue weighted by molar-refractivity contribution is 7.89. The van der Waals surface area contributed by atoms with Gasteiger partial charge in [-0.05, 0) is 48.6 Å². The second-order valence-electron chi connectivity index (χ2n) is 7.69. The fraction of sp³-hybridized carbons (Fsp3) is 0.300. The lowest BCUT2D eigenvalue weighted by atomic mass is 10.0. The summed E-state index contributed by atoms with van der Waals surface area (Å²) in [4.78, 5) is 2.98. The first-order chi connectivity index (χ1) is 14.7. The number of aromatic nitrogens is 3. The molecule has 3 aromatic rings. The molecule has 3 heterocycles. The van der Waals surface area contributed by atoms with Gasteiger partial charge in [0.15, 0.2) is 0 Å². The molecular weight excluding hydrogens is 436 g/mol. The predicted molar refractivity (Wildman–Crippen MR) is 101 cm³/mol. The first-order valence-corrected chi connectivity index (χ1v) is 11.0. The Balaban J connectivity index is 1.63. The molecule has 0 spiro atoms. The lowest BCUT2D eigenvalue weighted by molar-refractivity contribution is -0.141. The Morgan fingerprint density at radius 3 is 2.32 bits per heavy atom. The molecule has 1 aromatic carbocycles. The van der Waals surface area contributed by atoms with Gasteiger partial charge in [-0.15, -0.1) is 0 Å². The van der Waals surface area contributed by atoms with Crippen LogP contribution in [0.4, 0.5) is 17.6 Å². The van der Waals surface area contributed by atoms with Gasteiger partial charge in [-0.25, -0.2) is 12.8 Å². The summed E-state index contributed by atoms with van der Waals surface area (Å²) in [5, 5.41) is 6.93. The van der Waals surface area contributed by atoms with Gasteiger partial charge in [0.05, 0.1) is 24.0 Å². The maximum atomic E-state index is 13.7. The van der Waals surface area contributed by atoms with Crippen LogP contribution in [0.3, 0.4) is 0 Å². The van der Waals surface area contributed by atoms with Crippen molar-refractivity contribution in [1.29, 1.82) is 0 Å². The molecule has 6 nitrogen and oxygen atoms in total. The summed E-state index contributed by atoms with van der Waals surface area (Å²) in [5.74, 6) is -0.398. The van der Waals surface area contributed by atoms with E-state index in [0.29, 0.717) is 17.3 Å². The largest absolute Gasteiger partial charge is 0.433 e. The van der Waals surface area contributed by atoms with Crippen molar-refractivity contribution in [3.05, 3.63) is 77.1 Å². The van der Waals surface area contributed by atoms with Gasteiger partial charge < -0.3 is 0 Å². The van der Waals surface area contributed by atoms with Crippen LogP contribution >= 0.6 is 0 Å². The molecule has 5 rings (SSSR count). The van der Waals surface area contributed by atoms with Gasteiger partial charge in [0.1, 0.15) is 16.4 Å². The second-order valence-corrected chi connectivity index (χ2v) is 9.53. The molecule has 2 aromatic heterocycles. The van der Waals surface area contributed by atoms with Gasteiger partial charge in [-0.3, -0.25) is 10.1 Å². The number of alkyl halides is 3. The minimum absolute atomic E-state index is 0.0685. The quantitative estimate of drug-likeness (QED) is 0.602. The fourth-order valence-corrected chi connectivity index (χ4v) is 5.89. The van der Waals surface area contributed by atoms with Gasteiger partial charge in [-0.2, -0.15) is 22.6 Å². The minimum Gasteiger partial charge on any atom is -0.280 e. The van der Waals surface area contributed by atoms with Crippen LogP contribution in [0.5, 0.6) is 0 Å². The number of nitrogens with one attached hydrogen (secondary N) is 1. The summed E-state index contributed by atoms with van der Waals surface area (Å²) in [7, 11) is -4.24. The van der Waals surface area contributed by atoms with Crippen molar-refractivity contribution in [2.24, 2.45) is 5.92 Å². The zero-order chi connectivity index (χ0) is 22.0. The van der Waals surface area contributed by atoms with E-state index in [2.05, 4.69) is 15.2 Å². The van der Waals surface area contributed by atoms with Crippen LogP contribution in [0.2, 0.25) is 0 Å². The number of H-pyrrole nitrogens is 1. The van der Waals surface area contributed by atoms with Gasteiger partial charge in [0.2, 0.25) is 10.0 Å². The smallest absolute Gasteiger partial charge is 0.280 e. The zero-order valence-electron chi connectivity index (χ0n) is 15.8. The highest BCUT2D eigenvalue weighted by Crippen LogP contribution is 2.56. The van der Waals surface area contributed by atoms with E-state index < -0.39 is 39.8 Å². The Morgan fingerprint density at radius 2 is 1.74 bits per heavy atom. The van der Waals surface area contributed by atoms with Crippen LogP contribution in [0.25, 0.3) is 0 Å². The van der Waals surface area contributed by atoms with Crippen LogP contribution in [0.1, 0.15) is 47.4 Å². The van der Waals surface area contributed by atoms with Crippen molar-refractivity contribution >= 4 is 10.0 Å². The second kappa shape index (κ2) is 6.86. The first kappa shape index (κ1) is 20.1. The van der Waals surface area contributed by atoms with Crippen LogP contribution in [0, 0.1) is 11.7 Å². The molecule has 1 aliphatic carbocycles. The topological polar surface area (TPSA) is 79.0 Å². The molecule has 1 saturated carbocycles. The lowest BCUT2D eigenvalue weighted by Crippen LogP contribution is -2.35. The third-order valence-electron chi connectivity index (χ3n) is 5.68. The van der Waals surface area contributed by atoms with Gasteiger partial charge >= 0.3 is 6.18 Å². The van der Waals surface area contributed by atoms with Crippen molar-refractivity contribution < 1.29 is 26.0 Å². The third kappa shape index (κ3) is 3.32. The lowest BCUT2D eigenvalue weighted by Gasteiger charge is -2.30. The molecule has 1 aliphatic heterocycles. The maximum Gasteiger partial charge on any atom is 0.433 e. The molecule has 1 fully saturated rings. The molecule has 0 amide bonds. The van der Waals surface area contributed by atoms with Gasteiger partial charge in [0.25, 0.3) is 0 Å². The normalized spacial score (nSPS) is 21.9. The molecular formula is C20H16F4N4O2S. The highest BCUT2D eigenvalue weighted by Gasteiger charge is 2.53. The summed E-state index contributed by atoms with van der Waals surface area (Å²) in [6, 6.07) is 5.71. The van der Waals surface area contributed by atoms with E-state index in [4.69, 9.17) is 0 Å². The van der Waals surface area contributed by atoms with Crippen molar-refractivity contribution in [3.63, 3.8) is 0 Å². The van der Waals surface area contributed by atoms with E-state index in [-0.39, 0.29) is 10.8 Å². The van der Waals surface area contributed by atoms with E-state index >= 15 is 0 Å². The van der Waals surface area contributed by atoms with E-state index in [1.54, 1.807) is 6.20 Å². The van der Waals surface area contributed by atoms with Crippen LogP contribution in [-0.4, -0.2) is 27.9 Å². The average molecular weight is 452 g/mol.